The molecule has 2 atom stereocenters. The van der Waals surface area contributed by atoms with E-state index in [1.807, 2.05) is 13.0 Å². The van der Waals surface area contributed by atoms with E-state index in [4.69, 9.17) is 4.74 Å². The summed E-state index contributed by atoms with van der Waals surface area (Å²) in [4.78, 5) is 24.2. The summed E-state index contributed by atoms with van der Waals surface area (Å²) < 4.78 is 5.53. The van der Waals surface area contributed by atoms with Gasteiger partial charge in [-0.1, -0.05) is 0 Å². The molecule has 0 aromatic carbocycles. The van der Waals surface area contributed by atoms with Gasteiger partial charge in [-0.05, 0) is 13.0 Å². The van der Waals surface area contributed by atoms with Gasteiger partial charge >= 0.3 is 0 Å². The number of carbonyl (C=O) groups excluding carboxylic acids is 1. The number of ether oxygens (including phenoxy) is 1. The van der Waals surface area contributed by atoms with Crippen LogP contribution in [-0.2, 0) is 9.53 Å². The quantitative estimate of drug-likeness (QED) is 0.812. The molecule has 6 heteroatoms. The second-order valence-electron chi connectivity index (χ2n) is 5.39. The number of methoxy groups -OCH3 is 1. The molecular formula is C14H22N4O2. The maximum absolute atomic E-state index is 11.9. The van der Waals surface area contributed by atoms with E-state index < -0.39 is 0 Å². The molecule has 6 nitrogen and oxygen atoms in total. The number of hydrogen-bond donors (Lipinski definition) is 0. The normalized spacial score (nSPS) is 22.1. The van der Waals surface area contributed by atoms with Crippen LogP contribution in [0.5, 0.6) is 0 Å². The average Bonchev–Trinajstić information content (AvgIpc) is 2.81. The molecule has 0 N–H and O–H groups in total. The highest BCUT2D eigenvalue weighted by Crippen LogP contribution is 2.26. The van der Waals surface area contributed by atoms with E-state index in [2.05, 4.69) is 14.9 Å². The van der Waals surface area contributed by atoms with Gasteiger partial charge in [0, 0.05) is 52.8 Å². The van der Waals surface area contributed by atoms with Crippen LogP contribution in [0.15, 0.2) is 12.3 Å². The molecule has 1 amide bonds. The van der Waals surface area contributed by atoms with Gasteiger partial charge in [-0.2, -0.15) is 0 Å². The minimum Gasteiger partial charge on any atom is -0.379 e. The van der Waals surface area contributed by atoms with Gasteiger partial charge in [0.1, 0.15) is 11.6 Å². The third-order valence-electron chi connectivity index (χ3n) is 3.70. The average molecular weight is 278 g/mol. The fraction of sp³-hybridized carbons (Fsp3) is 0.643. The number of aryl methyl sites for hydroxylation is 1. The Hall–Kier alpha value is -1.69. The van der Waals surface area contributed by atoms with E-state index >= 15 is 0 Å². The molecule has 0 bridgehead atoms. The molecule has 0 unspecified atom stereocenters. The molecule has 1 aliphatic rings. The van der Waals surface area contributed by atoms with E-state index in [0.717, 1.165) is 24.7 Å². The molecule has 1 aliphatic heterocycles. The number of anilines is 1. The Morgan fingerprint density at radius 1 is 1.50 bits per heavy atom. The fourth-order valence-electron chi connectivity index (χ4n) is 2.52. The highest BCUT2D eigenvalue weighted by molar-refractivity contribution is 5.76. The van der Waals surface area contributed by atoms with Gasteiger partial charge < -0.3 is 14.5 Å². The Balaban J connectivity index is 2.07. The summed E-state index contributed by atoms with van der Waals surface area (Å²) in [5, 5.41) is 0. The zero-order valence-corrected chi connectivity index (χ0v) is 12.5. The van der Waals surface area contributed by atoms with Crippen molar-refractivity contribution in [3.05, 3.63) is 18.1 Å². The van der Waals surface area contributed by atoms with Crippen LogP contribution in [0.1, 0.15) is 12.2 Å². The lowest BCUT2D eigenvalue weighted by Gasteiger charge is -2.18. The molecule has 2 rings (SSSR count). The van der Waals surface area contributed by atoms with Gasteiger partial charge in [-0.3, -0.25) is 4.79 Å². The molecule has 20 heavy (non-hydrogen) atoms. The van der Waals surface area contributed by atoms with Crippen molar-refractivity contribution in [1.82, 2.24) is 14.9 Å². The van der Waals surface area contributed by atoms with Gasteiger partial charge in [0.15, 0.2) is 0 Å². The van der Waals surface area contributed by atoms with Crippen LogP contribution < -0.4 is 4.90 Å². The molecule has 1 fully saturated rings. The van der Waals surface area contributed by atoms with Crippen molar-refractivity contribution in [1.29, 1.82) is 0 Å². The fourth-order valence-corrected chi connectivity index (χ4v) is 2.52. The minimum atomic E-state index is 0.0640. The standard InChI is InChI=1S/C14H22N4O2/c1-10-15-6-5-13(16-10)18-8-11(12(9-18)20-4)7-14(19)17(2)3/h5-6,11-12H,7-9H2,1-4H3/t11-,12+/m1/s1. The topological polar surface area (TPSA) is 58.6 Å². The molecule has 0 radical (unpaired) electrons. The molecule has 2 heterocycles. The Morgan fingerprint density at radius 3 is 2.85 bits per heavy atom. The molecule has 1 saturated heterocycles. The second-order valence-corrected chi connectivity index (χ2v) is 5.39. The first-order valence-electron chi connectivity index (χ1n) is 6.78. The lowest BCUT2D eigenvalue weighted by Crippen LogP contribution is -2.29. The molecule has 0 spiro atoms. The van der Waals surface area contributed by atoms with Crippen LogP contribution in [0.3, 0.4) is 0 Å². The summed E-state index contributed by atoms with van der Waals surface area (Å²) in [6.45, 7) is 3.42. The maximum Gasteiger partial charge on any atom is 0.222 e. The van der Waals surface area contributed by atoms with Crippen molar-refractivity contribution in [3.63, 3.8) is 0 Å². The highest BCUT2D eigenvalue weighted by Gasteiger charge is 2.35. The molecule has 110 valence electrons. The first-order valence-corrected chi connectivity index (χ1v) is 6.78. The first-order chi connectivity index (χ1) is 9.51. The summed E-state index contributed by atoms with van der Waals surface area (Å²) >= 11 is 0. The second kappa shape index (κ2) is 6.17. The van der Waals surface area contributed by atoms with Crippen LogP contribution >= 0.6 is 0 Å². The van der Waals surface area contributed by atoms with Crippen molar-refractivity contribution >= 4 is 11.7 Å². The van der Waals surface area contributed by atoms with E-state index in [0.29, 0.717) is 6.42 Å². The third kappa shape index (κ3) is 3.25. The lowest BCUT2D eigenvalue weighted by molar-refractivity contribution is -0.130. The smallest absolute Gasteiger partial charge is 0.222 e. The number of rotatable bonds is 4. The zero-order chi connectivity index (χ0) is 14.7. The summed E-state index contributed by atoms with van der Waals surface area (Å²) in [6, 6.07) is 1.90. The van der Waals surface area contributed by atoms with Crippen LogP contribution in [-0.4, -0.2) is 61.2 Å². The van der Waals surface area contributed by atoms with Gasteiger partial charge in [-0.25, -0.2) is 9.97 Å². The largest absolute Gasteiger partial charge is 0.379 e. The molecule has 0 aliphatic carbocycles. The van der Waals surface area contributed by atoms with Gasteiger partial charge in [0.05, 0.1) is 6.10 Å². The summed E-state index contributed by atoms with van der Waals surface area (Å²) in [5.41, 5.74) is 0. The number of amides is 1. The zero-order valence-electron chi connectivity index (χ0n) is 12.5. The van der Waals surface area contributed by atoms with E-state index in [1.165, 1.54) is 0 Å². The summed E-state index contributed by atoms with van der Waals surface area (Å²) in [6.07, 6.45) is 2.33. The van der Waals surface area contributed by atoms with Crippen LogP contribution in [0.4, 0.5) is 5.82 Å². The number of aromatic nitrogens is 2. The van der Waals surface area contributed by atoms with Crippen LogP contribution in [0.2, 0.25) is 0 Å². The number of carbonyl (C=O) groups is 1. The number of nitrogens with zero attached hydrogens (tertiary/aromatic N) is 4. The van der Waals surface area contributed by atoms with E-state index in [9.17, 15) is 4.79 Å². The maximum atomic E-state index is 11.9. The van der Waals surface area contributed by atoms with Gasteiger partial charge in [0.25, 0.3) is 0 Å². The van der Waals surface area contributed by atoms with Gasteiger partial charge in [0.2, 0.25) is 5.91 Å². The van der Waals surface area contributed by atoms with Crippen LogP contribution in [0.25, 0.3) is 0 Å². The third-order valence-corrected chi connectivity index (χ3v) is 3.70. The molecule has 0 saturated carbocycles. The summed E-state index contributed by atoms with van der Waals surface area (Å²) in [7, 11) is 5.27. The predicted molar refractivity (Wildman–Crippen MR) is 76.6 cm³/mol. The monoisotopic (exact) mass is 278 g/mol. The Kier molecular flexibility index (Phi) is 4.54. The Morgan fingerprint density at radius 2 is 2.25 bits per heavy atom. The molecule has 1 aromatic rings. The van der Waals surface area contributed by atoms with Crippen molar-refractivity contribution in [2.45, 2.75) is 19.4 Å². The van der Waals surface area contributed by atoms with Crippen molar-refractivity contribution in [2.75, 3.05) is 39.2 Å². The van der Waals surface area contributed by atoms with Crippen molar-refractivity contribution in [3.8, 4) is 0 Å². The predicted octanol–water partition coefficient (Wildman–Crippen LogP) is 0.715. The first kappa shape index (κ1) is 14.7. The lowest BCUT2D eigenvalue weighted by atomic mass is 10.0. The van der Waals surface area contributed by atoms with Crippen molar-refractivity contribution in [2.24, 2.45) is 5.92 Å². The minimum absolute atomic E-state index is 0.0640. The highest BCUT2D eigenvalue weighted by atomic mass is 16.5. The molecular weight excluding hydrogens is 256 g/mol. The number of hydrogen-bond acceptors (Lipinski definition) is 5. The SMILES string of the molecule is CO[C@H]1CN(c2ccnc(C)n2)C[C@H]1CC(=O)N(C)C. The van der Waals surface area contributed by atoms with Gasteiger partial charge in [-0.15, -0.1) is 0 Å². The van der Waals surface area contributed by atoms with E-state index in [-0.39, 0.29) is 17.9 Å². The van der Waals surface area contributed by atoms with Crippen LogP contribution in [0, 0.1) is 12.8 Å². The Bertz CT molecular complexity index is 478. The summed E-state index contributed by atoms with van der Waals surface area (Å²) in [5.74, 6) is 1.99. The molecule has 1 aromatic heterocycles. The van der Waals surface area contributed by atoms with Crippen molar-refractivity contribution < 1.29 is 9.53 Å². The Labute approximate surface area is 119 Å². The van der Waals surface area contributed by atoms with E-state index in [1.54, 1.807) is 32.3 Å².